The van der Waals surface area contributed by atoms with Crippen LogP contribution in [0.5, 0.6) is 0 Å². The molecule has 2 rings (SSSR count). The highest BCUT2D eigenvalue weighted by Crippen LogP contribution is 2.58. The van der Waals surface area contributed by atoms with Crippen LogP contribution in [0.25, 0.3) is 0 Å². The fourth-order valence-electron chi connectivity index (χ4n) is 3.67. The van der Waals surface area contributed by atoms with Crippen LogP contribution in [-0.4, -0.2) is 42.1 Å². The van der Waals surface area contributed by atoms with Crippen molar-refractivity contribution in [3.8, 4) is 6.07 Å². The van der Waals surface area contributed by atoms with E-state index >= 15 is 0 Å². The highest BCUT2D eigenvalue weighted by Gasteiger charge is 2.71. The lowest BCUT2D eigenvalue weighted by molar-refractivity contribution is -0.184. The van der Waals surface area contributed by atoms with Gasteiger partial charge in [-0.15, -0.1) is 0 Å². The van der Waals surface area contributed by atoms with E-state index in [0.29, 0.717) is 26.1 Å². The van der Waals surface area contributed by atoms with Crippen molar-refractivity contribution in [1.29, 1.82) is 5.26 Å². The fourth-order valence-corrected chi connectivity index (χ4v) is 3.67. The maximum atomic E-state index is 12.8. The summed E-state index contributed by atoms with van der Waals surface area (Å²) in [6, 6.07) is 2.08. The third-order valence-corrected chi connectivity index (χ3v) is 4.97. The summed E-state index contributed by atoms with van der Waals surface area (Å²) in [5.41, 5.74) is 5.31. The number of rotatable bonds is 4. The molecule has 19 heavy (non-hydrogen) atoms. The molecule has 0 aromatic heterocycles. The molecule has 5 nitrogen and oxygen atoms in total. The van der Waals surface area contributed by atoms with Crippen molar-refractivity contribution < 1.29 is 9.53 Å². The Morgan fingerprint density at radius 2 is 2.26 bits per heavy atom. The van der Waals surface area contributed by atoms with Gasteiger partial charge in [0.25, 0.3) is 0 Å². The van der Waals surface area contributed by atoms with E-state index in [1.165, 1.54) is 0 Å². The monoisotopic (exact) mass is 265 g/mol. The number of carbonyl (C=O) groups excluding carboxylic acids is 1. The van der Waals surface area contributed by atoms with Crippen LogP contribution in [0.4, 0.5) is 0 Å². The van der Waals surface area contributed by atoms with Crippen LogP contribution >= 0.6 is 0 Å². The van der Waals surface area contributed by atoms with Gasteiger partial charge in [0.2, 0.25) is 5.91 Å². The zero-order valence-electron chi connectivity index (χ0n) is 12.0. The van der Waals surface area contributed by atoms with Gasteiger partial charge in [-0.1, -0.05) is 13.8 Å². The number of hydrogen-bond acceptors (Lipinski definition) is 4. The summed E-state index contributed by atoms with van der Waals surface area (Å²) in [6.07, 6.45) is 1.29. The van der Waals surface area contributed by atoms with Crippen LogP contribution in [0, 0.1) is 22.7 Å². The molecule has 1 saturated heterocycles. The first kappa shape index (κ1) is 14.3. The normalized spacial score (nSPS) is 35.1. The minimum absolute atomic E-state index is 0.0259. The van der Waals surface area contributed by atoms with Crippen LogP contribution in [0.3, 0.4) is 0 Å². The lowest BCUT2D eigenvalue weighted by Crippen LogP contribution is -2.80. The quantitative estimate of drug-likeness (QED) is 0.818. The van der Waals surface area contributed by atoms with Crippen molar-refractivity contribution in [2.75, 3.05) is 19.7 Å². The summed E-state index contributed by atoms with van der Waals surface area (Å²) >= 11 is 0. The highest BCUT2D eigenvalue weighted by molar-refractivity contribution is 5.89. The van der Waals surface area contributed by atoms with Crippen molar-refractivity contribution in [1.82, 2.24) is 4.90 Å². The molecular weight excluding hydrogens is 242 g/mol. The molecule has 2 fully saturated rings. The SMILES string of the molecule is CCN(CCC#N)C(=O)C1(N)C2CCOC2C1(C)C. The second kappa shape index (κ2) is 4.77. The molecule has 0 aromatic rings. The number of carbonyl (C=O) groups is 1. The Labute approximate surface area is 114 Å². The summed E-state index contributed by atoms with van der Waals surface area (Å²) in [5, 5.41) is 8.68. The van der Waals surface area contributed by atoms with Crippen LogP contribution in [0.2, 0.25) is 0 Å². The van der Waals surface area contributed by atoms with E-state index < -0.39 is 5.54 Å². The van der Waals surface area contributed by atoms with Crippen molar-refractivity contribution in [3.63, 3.8) is 0 Å². The van der Waals surface area contributed by atoms with Crippen molar-refractivity contribution in [3.05, 3.63) is 0 Å². The summed E-state index contributed by atoms with van der Waals surface area (Å²) in [4.78, 5) is 14.5. The van der Waals surface area contributed by atoms with Gasteiger partial charge in [-0.05, 0) is 13.3 Å². The summed E-state index contributed by atoms with van der Waals surface area (Å²) in [7, 11) is 0. The second-order valence-corrected chi connectivity index (χ2v) is 6.07. The first-order valence-corrected chi connectivity index (χ1v) is 6.98. The Kier molecular flexibility index (Phi) is 3.59. The first-order valence-electron chi connectivity index (χ1n) is 6.98. The number of likely N-dealkylation sites (N-methyl/N-ethyl adjacent to an activating group) is 1. The number of nitrogens with two attached hydrogens (primary N) is 1. The molecule has 2 N–H and O–H groups in total. The van der Waals surface area contributed by atoms with Gasteiger partial charge >= 0.3 is 0 Å². The number of nitrogens with zero attached hydrogens (tertiary/aromatic N) is 2. The van der Waals surface area contributed by atoms with Gasteiger partial charge in [0.1, 0.15) is 5.54 Å². The van der Waals surface area contributed by atoms with Gasteiger partial charge in [-0.2, -0.15) is 5.26 Å². The predicted octanol–water partition coefficient (Wildman–Crippen LogP) is 0.891. The van der Waals surface area contributed by atoms with Crippen LogP contribution in [0.1, 0.15) is 33.6 Å². The summed E-state index contributed by atoms with van der Waals surface area (Å²) in [5.74, 6) is 0.0909. The molecule has 1 aliphatic heterocycles. The Morgan fingerprint density at radius 1 is 1.58 bits per heavy atom. The van der Waals surface area contributed by atoms with Gasteiger partial charge in [0, 0.05) is 31.0 Å². The van der Waals surface area contributed by atoms with Crippen molar-refractivity contribution in [2.24, 2.45) is 17.1 Å². The Balaban J connectivity index is 2.19. The third-order valence-electron chi connectivity index (χ3n) is 4.97. The zero-order valence-corrected chi connectivity index (χ0v) is 12.0. The molecule has 1 heterocycles. The van der Waals surface area contributed by atoms with E-state index in [4.69, 9.17) is 15.7 Å². The van der Waals surface area contributed by atoms with Gasteiger partial charge in [0.15, 0.2) is 0 Å². The van der Waals surface area contributed by atoms with Gasteiger partial charge in [0.05, 0.1) is 18.6 Å². The molecule has 0 bridgehead atoms. The summed E-state index contributed by atoms with van der Waals surface area (Å²) in [6.45, 7) is 7.68. The topological polar surface area (TPSA) is 79.4 Å². The molecule has 106 valence electrons. The van der Waals surface area contributed by atoms with E-state index in [-0.39, 0.29) is 23.3 Å². The second-order valence-electron chi connectivity index (χ2n) is 6.07. The number of amides is 1. The molecule has 1 saturated carbocycles. The molecule has 3 unspecified atom stereocenters. The number of nitriles is 1. The molecule has 5 heteroatoms. The van der Waals surface area contributed by atoms with E-state index in [9.17, 15) is 4.79 Å². The maximum absolute atomic E-state index is 12.8. The molecular formula is C14H23N3O2. The minimum atomic E-state index is -0.848. The van der Waals surface area contributed by atoms with Crippen molar-refractivity contribution in [2.45, 2.75) is 45.3 Å². The van der Waals surface area contributed by atoms with Gasteiger partial charge in [-0.25, -0.2) is 0 Å². The average Bonchev–Trinajstić information content (AvgIpc) is 2.86. The molecule has 0 aromatic carbocycles. The number of hydrogen-bond donors (Lipinski definition) is 1. The largest absolute Gasteiger partial charge is 0.377 e. The van der Waals surface area contributed by atoms with E-state index in [1.54, 1.807) is 4.90 Å². The molecule has 3 atom stereocenters. The fraction of sp³-hybridized carbons (Fsp3) is 0.857. The Morgan fingerprint density at radius 3 is 2.84 bits per heavy atom. The lowest BCUT2D eigenvalue weighted by atomic mass is 9.47. The minimum Gasteiger partial charge on any atom is -0.377 e. The van der Waals surface area contributed by atoms with Crippen LogP contribution in [-0.2, 0) is 9.53 Å². The highest BCUT2D eigenvalue weighted by atomic mass is 16.5. The Bertz CT molecular complexity index is 415. The molecule has 2 aliphatic rings. The Hall–Kier alpha value is -1.12. The number of fused-ring (bicyclic) bond motifs is 1. The van der Waals surface area contributed by atoms with E-state index in [1.807, 2.05) is 20.8 Å². The maximum Gasteiger partial charge on any atom is 0.243 e. The molecule has 1 amide bonds. The molecule has 0 spiro atoms. The standard InChI is InChI=1S/C14H23N3O2/c1-4-17(8-5-7-15)12(18)14(16)10-6-9-19-11(10)13(14,2)3/h10-11H,4-6,8-9,16H2,1-3H3. The van der Waals surface area contributed by atoms with Crippen LogP contribution < -0.4 is 5.73 Å². The summed E-state index contributed by atoms with van der Waals surface area (Å²) < 4.78 is 5.70. The van der Waals surface area contributed by atoms with Gasteiger partial charge < -0.3 is 15.4 Å². The average molecular weight is 265 g/mol. The van der Waals surface area contributed by atoms with E-state index in [2.05, 4.69) is 6.07 Å². The third kappa shape index (κ3) is 1.78. The van der Waals surface area contributed by atoms with Crippen LogP contribution in [0.15, 0.2) is 0 Å². The molecule has 0 radical (unpaired) electrons. The first-order chi connectivity index (χ1) is 8.91. The van der Waals surface area contributed by atoms with Crippen molar-refractivity contribution >= 4 is 5.91 Å². The molecule has 1 aliphatic carbocycles. The zero-order chi connectivity index (χ0) is 14.3. The lowest BCUT2D eigenvalue weighted by Gasteiger charge is -2.61. The predicted molar refractivity (Wildman–Crippen MR) is 71.0 cm³/mol. The van der Waals surface area contributed by atoms with Gasteiger partial charge in [-0.3, -0.25) is 4.79 Å². The number of ether oxygens (including phenoxy) is 1. The van der Waals surface area contributed by atoms with E-state index in [0.717, 1.165) is 6.42 Å². The smallest absolute Gasteiger partial charge is 0.243 e.